The predicted molar refractivity (Wildman–Crippen MR) is 89.8 cm³/mol. The Balaban J connectivity index is 2.87. The first-order valence-electron chi connectivity index (χ1n) is 7.87. The van der Waals surface area contributed by atoms with Crippen LogP contribution in [-0.4, -0.2) is 46.3 Å². The largest absolute Gasteiger partial charge is 0.436 e. The molecule has 5 nitrogen and oxygen atoms in total. The Morgan fingerprint density at radius 2 is 1.88 bits per heavy atom. The summed E-state index contributed by atoms with van der Waals surface area (Å²) in [5, 5.41) is 6.41. The lowest BCUT2D eigenvalue weighted by molar-refractivity contribution is -0.142. The van der Waals surface area contributed by atoms with E-state index < -0.39 is 17.9 Å². The van der Waals surface area contributed by atoms with Crippen LogP contribution in [0.4, 0.5) is 13.2 Å². The number of alkyl halides is 3. The van der Waals surface area contributed by atoms with Crippen LogP contribution in [0.15, 0.2) is 4.47 Å². The van der Waals surface area contributed by atoms with Gasteiger partial charge in [0.1, 0.15) is 6.04 Å². The van der Waals surface area contributed by atoms with Crippen LogP contribution in [0.25, 0.3) is 0 Å². The molecule has 2 atom stereocenters. The number of nitrogens with zero attached hydrogens (tertiary/aromatic N) is 3. The lowest BCUT2D eigenvalue weighted by atomic mass is 10.2. The Bertz CT molecular complexity index is 570. The van der Waals surface area contributed by atoms with E-state index in [1.54, 1.807) is 0 Å². The normalized spacial score (nSPS) is 14.8. The fourth-order valence-corrected chi connectivity index (χ4v) is 2.93. The highest BCUT2D eigenvalue weighted by Gasteiger charge is 2.39. The van der Waals surface area contributed by atoms with Crippen molar-refractivity contribution < 1.29 is 18.0 Å². The number of hydrogen-bond acceptors (Lipinski definition) is 3. The van der Waals surface area contributed by atoms with E-state index in [4.69, 9.17) is 0 Å². The summed E-state index contributed by atoms with van der Waals surface area (Å²) < 4.78 is 39.7. The zero-order valence-corrected chi connectivity index (χ0v) is 16.1. The number of likely N-dealkylation sites (N-methyl/N-ethyl adjacent to an activating group) is 1. The molecule has 1 rings (SSSR count). The third kappa shape index (κ3) is 4.95. The monoisotopic (exact) mass is 412 g/mol. The Labute approximate surface area is 148 Å². The number of aromatic nitrogens is 2. The van der Waals surface area contributed by atoms with Gasteiger partial charge in [-0.15, -0.1) is 0 Å². The standard InChI is InChI=1S/C15H24BrF3N4O/c1-6-22(7-2)8-9(3)20-14(24)11(5)23-10(4)12(16)13(21-23)15(17,18)19/h9,11H,6-8H2,1-5H3,(H,20,24)/t9-,11+/m0/s1. The number of hydrogen-bond donors (Lipinski definition) is 1. The summed E-state index contributed by atoms with van der Waals surface area (Å²) in [6.07, 6.45) is -4.57. The first-order chi connectivity index (χ1) is 11.0. The minimum Gasteiger partial charge on any atom is -0.351 e. The third-order valence-corrected chi connectivity index (χ3v) is 4.86. The lowest BCUT2D eigenvalue weighted by Crippen LogP contribution is -2.44. The van der Waals surface area contributed by atoms with Gasteiger partial charge < -0.3 is 10.2 Å². The van der Waals surface area contributed by atoms with Crippen molar-refractivity contribution in [3.05, 3.63) is 15.9 Å². The van der Waals surface area contributed by atoms with Gasteiger partial charge >= 0.3 is 6.18 Å². The summed E-state index contributed by atoms with van der Waals surface area (Å²) in [6, 6.07) is -0.946. The van der Waals surface area contributed by atoms with Crippen molar-refractivity contribution in [2.45, 2.75) is 52.9 Å². The van der Waals surface area contributed by atoms with Gasteiger partial charge in [0.05, 0.1) is 10.2 Å². The van der Waals surface area contributed by atoms with Crippen molar-refractivity contribution in [2.24, 2.45) is 0 Å². The van der Waals surface area contributed by atoms with Crippen LogP contribution in [-0.2, 0) is 11.0 Å². The topological polar surface area (TPSA) is 50.2 Å². The van der Waals surface area contributed by atoms with Crippen LogP contribution in [0.2, 0.25) is 0 Å². The summed E-state index contributed by atoms with van der Waals surface area (Å²) >= 11 is 2.91. The van der Waals surface area contributed by atoms with E-state index in [1.165, 1.54) is 13.8 Å². The van der Waals surface area contributed by atoms with Gasteiger partial charge in [0.25, 0.3) is 0 Å². The van der Waals surface area contributed by atoms with Gasteiger partial charge in [-0.05, 0) is 49.8 Å². The number of amides is 1. The van der Waals surface area contributed by atoms with E-state index in [2.05, 4.69) is 31.2 Å². The molecular formula is C15H24BrF3N4O. The lowest BCUT2D eigenvalue weighted by Gasteiger charge is -2.24. The maximum absolute atomic E-state index is 12.9. The van der Waals surface area contributed by atoms with Crippen molar-refractivity contribution in [2.75, 3.05) is 19.6 Å². The Hall–Kier alpha value is -1.09. The fourth-order valence-electron chi connectivity index (χ4n) is 2.45. The van der Waals surface area contributed by atoms with Crippen molar-refractivity contribution in [1.82, 2.24) is 20.0 Å². The predicted octanol–water partition coefficient (Wildman–Crippen LogP) is 3.38. The number of nitrogens with one attached hydrogen (secondary N) is 1. The average Bonchev–Trinajstić information content (AvgIpc) is 2.80. The maximum atomic E-state index is 12.9. The summed E-state index contributed by atoms with van der Waals surface area (Å²) in [5.41, 5.74) is -0.753. The Kier molecular flexibility index (Phi) is 7.27. The molecule has 0 unspecified atom stereocenters. The Morgan fingerprint density at radius 3 is 2.29 bits per heavy atom. The molecule has 1 amide bonds. The van der Waals surface area contributed by atoms with E-state index in [0.29, 0.717) is 6.54 Å². The van der Waals surface area contributed by atoms with Gasteiger partial charge in [-0.25, -0.2) is 0 Å². The molecule has 1 N–H and O–H groups in total. The van der Waals surface area contributed by atoms with Crippen LogP contribution >= 0.6 is 15.9 Å². The smallest absolute Gasteiger partial charge is 0.351 e. The molecule has 0 spiro atoms. The first kappa shape index (κ1) is 21.0. The van der Waals surface area contributed by atoms with E-state index in [9.17, 15) is 18.0 Å². The SMILES string of the molecule is CCN(CC)C[C@H](C)NC(=O)[C@@H](C)n1nc(C(F)(F)F)c(Br)c1C. The molecular weight excluding hydrogens is 389 g/mol. The first-order valence-corrected chi connectivity index (χ1v) is 8.66. The second kappa shape index (κ2) is 8.33. The van der Waals surface area contributed by atoms with Crippen LogP contribution in [0, 0.1) is 6.92 Å². The van der Waals surface area contributed by atoms with Gasteiger partial charge in [0.2, 0.25) is 5.91 Å². The molecule has 0 bridgehead atoms. The van der Waals surface area contributed by atoms with Crippen molar-refractivity contribution >= 4 is 21.8 Å². The quantitative estimate of drug-likeness (QED) is 0.746. The molecule has 138 valence electrons. The molecule has 0 aromatic carbocycles. The molecule has 1 heterocycles. The van der Waals surface area contributed by atoms with Gasteiger partial charge in [0.15, 0.2) is 5.69 Å². The van der Waals surface area contributed by atoms with Crippen molar-refractivity contribution in [3.8, 4) is 0 Å². The number of carbonyl (C=O) groups excluding carboxylic acids is 1. The van der Waals surface area contributed by atoms with Crippen molar-refractivity contribution in [1.29, 1.82) is 0 Å². The highest BCUT2D eigenvalue weighted by Crippen LogP contribution is 2.36. The molecule has 0 aliphatic rings. The molecule has 9 heteroatoms. The summed E-state index contributed by atoms with van der Waals surface area (Å²) in [4.78, 5) is 14.5. The van der Waals surface area contributed by atoms with Gasteiger partial charge in [-0.1, -0.05) is 13.8 Å². The van der Waals surface area contributed by atoms with Gasteiger partial charge in [-0.2, -0.15) is 18.3 Å². The highest BCUT2D eigenvalue weighted by molar-refractivity contribution is 9.10. The Morgan fingerprint density at radius 1 is 1.33 bits per heavy atom. The van der Waals surface area contributed by atoms with Crippen LogP contribution < -0.4 is 5.32 Å². The second-order valence-corrected chi connectivity index (χ2v) is 6.55. The van der Waals surface area contributed by atoms with Crippen LogP contribution in [0.5, 0.6) is 0 Å². The van der Waals surface area contributed by atoms with Gasteiger partial charge in [-0.3, -0.25) is 9.48 Å². The zero-order chi connectivity index (χ0) is 18.7. The molecule has 0 saturated heterocycles. The number of rotatable bonds is 7. The number of halogens is 4. The molecule has 1 aromatic rings. The second-order valence-electron chi connectivity index (χ2n) is 5.76. The average molecular weight is 413 g/mol. The molecule has 0 fully saturated rings. The summed E-state index contributed by atoms with van der Waals surface area (Å²) in [6.45, 7) is 11.4. The van der Waals surface area contributed by atoms with E-state index in [1.807, 2.05) is 20.8 Å². The fraction of sp³-hybridized carbons (Fsp3) is 0.733. The minimum absolute atomic E-state index is 0.110. The van der Waals surface area contributed by atoms with E-state index in [-0.39, 0.29) is 22.1 Å². The summed E-state index contributed by atoms with van der Waals surface area (Å²) in [5.74, 6) is -0.360. The molecule has 0 saturated carbocycles. The summed E-state index contributed by atoms with van der Waals surface area (Å²) in [7, 11) is 0. The molecule has 0 radical (unpaired) electrons. The third-order valence-electron chi connectivity index (χ3n) is 3.91. The highest BCUT2D eigenvalue weighted by atomic mass is 79.9. The van der Waals surface area contributed by atoms with Crippen LogP contribution in [0.1, 0.15) is 45.1 Å². The maximum Gasteiger partial charge on any atom is 0.436 e. The van der Waals surface area contributed by atoms with Gasteiger partial charge in [0, 0.05) is 12.6 Å². The molecule has 1 aromatic heterocycles. The molecule has 24 heavy (non-hydrogen) atoms. The van der Waals surface area contributed by atoms with E-state index in [0.717, 1.165) is 17.8 Å². The minimum atomic E-state index is -4.57. The van der Waals surface area contributed by atoms with E-state index >= 15 is 0 Å². The molecule has 0 aliphatic carbocycles. The van der Waals surface area contributed by atoms with Crippen molar-refractivity contribution in [3.63, 3.8) is 0 Å². The van der Waals surface area contributed by atoms with Crippen LogP contribution in [0.3, 0.4) is 0 Å². The number of carbonyl (C=O) groups is 1. The zero-order valence-electron chi connectivity index (χ0n) is 14.5. The molecule has 0 aliphatic heterocycles.